The predicted molar refractivity (Wildman–Crippen MR) is 138 cm³/mol. The van der Waals surface area contributed by atoms with Crippen LogP contribution in [0.3, 0.4) is 0 Å². The number of rotatable bonds is 6. The summed E-state index contributed by atoms with van der Waals surface area (Å²) in [7, 11) is 0. The fourth-order valence-electron chi connectivity index (χ4n) is 5.58. The van der Waals surface area contributed by atoms with E-state index in [0.29, 0.717) is 10.8 Å². The van der Waals surface area contributed by atoms with Crippen molar-refractivity contribution in [3.05, 3.63) is 71.8 Å². The Hall–Kier alpha value is -3.69. The Morgan fingerprint density at radius 2 is 2.14 bits per heavy atom. The molecule has 1 aliphatic heterocycles. The molecule has 0 unspecified atom stereocenters. The number of carbonyl (C=O) groups excluding carboxylic acids is 2. The Labute approximate surface area is 211 Å². The Morgan fingerprint density at radius 3 is 2.89 bits per heavy atom. The molecule has 0 bridgehead atoms. The quantitative estimate of drug-likeness (QED) is 0.368. The first-order chi connectivity index (χ1) is 17.5. The van der Waals surface area contributed by atoms with E-state index in [1.165, 1.54) is 17.4 Å². The molecule has 2 fully saturated rings. The lowest BCUT2D eigenvalue weighted by Gasteiger charge is -2.46. The molecule has 9 heteroatoms. The highest BCUT2D eigenvalue weighted by molar-refractivity contribution is 7.17. The number of carbonyl (C=O) groups is 2. The third-order valence-electron chi connectivity index (χ3n) is 7.38. The maximum absolute atomic E-state index is 13.2. The lowest BCUT2D eigenvalue weighted by Crippen LogP contribution is -2.42. The third-order valence-corrected chi connectivity index (χ3v) is 8.48. The van der Waals surface area contributed by atoms with Crippen LogP contribution in [-0.2, 0) is 11.4 Å². The molecule has 2 aliphatic rings. The average Bonchev–Trinajstić information content (AvgIpc) is 3.66. The molecule has 36 heavy (non-hydrogen) atoms. The van der Waals surface area contributed by atoms with Gasteiger partial charge in [0, 0.05) is 19.1 Å². The van der Waals surface area contributed by atoms with Crippen molar-refractivity contribution in [1.82, 2.24) is 14.5 Å². The van der Waals surface area contributed by atoms with Crippen molar-refractivity contribution in [3.63, 3.8) is 0 Å². The van der Waals surface area contributed by atoms with Gasteiger partial charge in [-0.05, 0) is 72.7 Å². The molecule has 184 valence electrons. The van der Waals surface area contributed by atoms with E-state index in [1.807, 2.05) is 41.3 Å². The molecular formula is C27H26N4O4S. The molecule has 6 rings (SSSR count). The Morgan fingerprint density at radius 1 is 1.28 bits per heavy atom. The number of fused-ring (bicyclic) bond motifs is 1. The standard InChI is InChI=1S/C27H26N4O4S/c1-2-24(33)30-10-9-27(16-30)13-18(14-27)31-20-6-5-17(15-32)12-19(20)28-26(31)29-25(34)23-8-7-22(36-23)21-4-3-11-35-21/h2-8,11-12,18,32H,1,9-10,13-16H2,(H,28,29,34). The minimum atomic E-state index is -0.227. The van der Waals surface area contributed by atoms with Crippen LogP contribution in [0.2, 0.25) is 0 Å². The number of likely N-dealkylation sites (tertiary alicyclic amines) is 1. The zero-order valence-corrected chi connectivity index (χ0v) is 20.5. The van der Waals surface area contributed by atoms with Gasteiger partial charge < -0.3 is 19.0 Å². The number of amides is 2. The van der Waals surface area contributed by atoms with Crippen molar-refractivity contribution >= 4 is 40.1 Å². The van der Waals surface area contributed by atoms with Crippen molar-refractivity contribution in [2.24, 2.45) is 5.41 Å². The first-order valence-electron chi connectivity index (χ1n) is 12.0. The number of furan rings is 1. The summed E-state index contributed by atoms with van der Waals surface area (Å²) in [5, 5.41) is 12.6. The van der Waals surface area contributed by atoms with Crippen molar-refractivity contribution in [3.8, 4) is 10.6 Å². The van der Waals surface area contributed by atoms with Gasteiger partial charge in [-0.25, -0.2) is 4.98 Å². The number of imidazole rings is 1. The molecule has 0 radical (unpaired) electrons. The van der Waals surface area contributed by atoms with Crippen molar-refractivity contribution in [1.29, 1.82) is 0 Å². The van der Waals surface area contributed by atoms with Gasteiger partial charge in [0.15, 0.2) is 0 Å². The van der Waals surface area contributed by atoms with Crippen LogP contribution in [0.25, 0.3) is 21.7 Å². The van der Waals surface area contributed by atoms with E-state index in [4.69, 9.17) is 9.40 Å². The number of benzene rings is 1. The van der Waals surface area contributed by atoms with Crippen molar-refractivity contribution < 1.29 is 19.1 Å². The molecule has 8 nitrogen and oxygen atoms in total. The van der Waals surface area contributed by atoms with Gasteiger partial charge in [0.2, 0.25) is 11.9 Å². The summed E-state index contributed by atoms with van der Waals surface area (Å²) in [5.74, 6) is 0.977. The normalized spacial score (nSPS) is 21.1. The first-order valence-corrected chi connectivity index (χ1v) is 12.8. The third kappa shape index (κ3) is 3.84. The molecule has 4 aromatic rings. The number of hydrogen-bond acceptors (Lipinski definition) is 6. The molecule has 2 amide bonds. The van der Waals surface area contributed by atoms with Crippen LogP contribution < -0.4 is 5.32 Å². The van der Waals surface area contributed by atoms with Gasteiger partial charge in [0.25, 0.3) is 5.91 Å². The van der Waals surface area contributed by atoms with Gasteiger partial charge >= 0.3 is 0 Å². The van der Waals surface area contributed by atoms with Gasteiger partial charge in [-0.1, -0.05) is 12.6 Å². The van der Waals surface area contributed by atoms with Gasteiger partial charge in [-0.2, -0.15) is 0 Å². The van der Waals surface area contributed by atoms with E-state index in [2.05, 4.69) is 16.5 Å². The van der Waals surface area contributed by atoms with Gasteiger partial charge in [0.1, 0.15) is 5.76 Å². The van der Waals surface area contributed by atoms with E-state index in [0.717, 1.165) is 59.6 Å². The summed E-state index contributed by atoms with van der Waals surface area (Å²) in [5.41, 5.74) is 2.51. The van der Waals surface area contributed by atoms with Gasteiger partial charge in [-0.15, -0.1) is 11.3 Å². The molecular weight excluding hydrogens is 476 g/mol. The summed E-state index contributed by atoms with van der Waals surface area (Å²) in [4.78, 5) is 33.4. The summed E-state index contributed by atoms with van der Waals surface area (Å²) >= 11 is 1.36. The molecule has 1 aliphatic carbocycles. The number of anilines is 1. The molecule has 0 atom stereocenters. The molecule has 3 aromatic heterocycles. The monoisotopic (exact) mass is 502 g/mol. The van der Waals surface area contributed by atoms with Gasteiger partial charge in [0.05, 0.1) is 33.7 Å². The predicted octanol–water partition coefficient (Wildman–Crippen LogP) is 4.84. The SMILES string of the molecule is C=CC(=O)N1CCC2(CC(n3c(NC(=O)c4ccc(-c5ccco5)s4)nc4cc(CO)ccc43)C2)C1. The van der Waals surface area contributed by atoms with E-state index < -0.39 is 0 Å². The molecule has 1 saturated carbocycles. The summed E-state index contributed by atoms with van der Waals surface area (Å²) in [6.45, 7) is 5.03. The lowest BCUT2D eigenvalue weighted by atomic mass is 9.64. The topological polar surface area (TPSA) is 101 Å². The Balaban J connectivity index is 1.28. The molecule has 4 heterocycles. The minimum absolute atomic E-state index is 0.0160. The van der Waals surface area contributed by atoms with Crippen LogP contribution in [0, 0.1) is 5.41 Å². The second-order valence-corrected chi connectivity index (χ2v) is 10.7. The minimum Gasteiger partial charge on any atom is -0.464 e. The highest BCUT2D eigenvalue weighted by Crippen LogP contribution is 2.55. The van der Waals surface area contributed by atoms with Crippen LogP contribution in [0.5, 0.6) is 0 Å². The fourth-order valence-corrected chi connectivity index (χ4v) is 6.45. The number of aliphatic hydroxyl groups excluding tert-OH is 1. The maximum Gasteiger partial charge on any atom is 0.268 e. The number of thiophene rings is 1. The molecule has 2 N–H and O–H groups in total. The van der Waals surface area contributed by atoms with Crippen molar-refractivity contribution in [2.45, 2.75) is 31.9 Å². The smallest absolute Gasteiger partial charge is 0.268 e. The highest BCUT2D eigenvalue weighted by atomic mass is 32.1. The van der Waals surface area contributed by atoms with Crippen LogP contribution in [-0.4, -0.2) is 44.5 Å². The van der Waals surface area contributed by atoms with Crippen LogP contribution in [0.4, 0.5) is 5.95 Å². The summed E-state index contributed by atoms with van der Waals surface area (Å²) < 4.78 is 7.56. The van der Waals surface area contributed by atoms with E-state index in [-0.39, 0.29) is 29.9 Å². The molecule has 1 spiro atoms. The Bertz CT molecular complexity index is 1460. The number of nitrogens with one attached hydrogen (secondary N) is 1. The fraction of sp³-hybridized carbons (Fsp3) is 0.296. The largest absolute Gasteiger partial charge is 0.464 e. The zero-order valence-electron chi connectivity index (χ0n) is 19.6. The second-order valence-electron chi connectivity index (χ2n) is 9.66. The van der Waals surface area contributed by atoms with E-state index >= 15 is 0 Å². The number of hydrogen-bond donors (Lipinski definition) is 2. The number of nitrogens with zero attached hydrogens (tertiary/aromatic N) is 3. The lowest BCUT2D eigenvalue weighted by molar-refractivity contribution is -0.125. The first kappa shape index (κ1) is 22.8. The highest BCUT2D eigenvalue weighted by Gasteiger charge is 2.50. The summed E-state index contributed by atoms with van der Waals surface area (Å²) in [6.07, 6.45) is 5.78. The molecule has 1 saturated heterocycles. The molecule has 1 aromatic carbocycles. The van der Waals surface area contributed by atoms with E-state index in [9.17, 15) is 14.7 Å². The number of aromatic nitrogens is 2. The van der Waals surface area contributed by atoms with Crippen LogP contribution >= 0.6 is 11.3 Å². The second kappa shape index (κ2) is 8.76. The van der Waals surface area contributed by atoms with Crippen LogP contribution in [0.1, 0.15) is 40.5 Å². The average molecular weight is 503 g/mol. The number of aliphatic hydroxyl groups is 1. The van der Waals surface area contributed by atoms with Gasteiger partial charge in [-0.3, -0.25) is 14.9 Å². The Kier molecular flexibility index (Phi) is 5.54. The van der Waals surface area contributed by atoms with E-state index in [1.54, 1.807) is 12.3 Å². The van der Waals surface area contributed by atoms with Crippen LogP contribution in [0.15, 0.2) is 65.8 Å². The summed E-state index contributed by atoms with van der Waals surface area (Å²) in [6, 6.07) is 13.2. The zero-order chi connectivity index (χ0) is 24.9. The maximum atomic E-state index is 13.2. The van der Waals surface area contributed by atoms with Crippen molar-refractivity contribution in [2.75, 3.05) is 18.4 Å².